The van der Waals surface area contributed by atoms with Crippen LogP contribution in [0, 0.1) is 6.92 Å². The van der Waals surface area contributed by atoms with Crippen LogP contribution in [0.25, 0.3) is 11.3 Å². The van der Waals surface area contributed by atoms with Crippen LogP contribution in [0.2, 0.25) is 0 Å². The smallest absolute Gasteiger partial charge is 0.251 e. The van der Waals surface area contributed by atoms with Crippen molar-refractivity contribution in [2.24, 2.45) is 0 Å². The van der Waals surface area contributed by atoms with E-state index in [1.54, 1.807) is 6.26 Å². The Morgan fingerprint density at radius 1 is 1.24 bits per heavy atom. The fourth-order valence-corrected chi connectivity index (χ4v) is 2.72. The fraction of sp³-hybridized carbons (Fsp3) is 0.357. The van der Waals surface area contributed by atoms with Crippen LogP contribution in [-0.2, 0) is 12.8 Å². The molecule has 0 bridgehead atoms. The highest BCUT2D eigenvalue weighted by atomic mass is 16.3. The average Bonchev–Trinajstić information content (AvgIpc) is 2.83. The van der Waals surface area contributed by atoms with Gasteiger partial charge in [-0.15, -0.1) is 0 Å². The van der Waals surface area contributed by atoms with E-state index >= 15 is 0 Å². The van der Waals surface area contributed by atoms with Crippen molar-refractivity contribution in [1.29, 1.82) is 0 Å². The molecule has 3 nitrogen and oxygen atoms in total. The van der Waals surface area contributed by atoms with Crippen molar-refractivity contribution >= 4 is 0 Å². The van der Waals surface area contributed by atoms with Gasteiger partial charge in [-0.25, -0.2) is 0 Å². The molecule has 2 aromatic rings. The van der Waals surface area contributed by atoms with Crippen molar-refractivity contribution in [2.75, 3.05) is 0 Å². The third-order valence-electron chi connectivity index (χ3n) is 3.49. The van der Waals surface area contributed by atoms with Crippen molar-refractivity contribution < 1.29 is 4.42 Å². The lowest BCUT2D eigenvalue weighted by molar-refractivity contribution is 0.578. The highest BCUT2D eigenvalue weighted by molar-refractivity contribution is 5.66. The molecular weight excluding hydrogens is 214 g/mol. The molecule has 0 saturated heterocycles. The Morgan fingerprint density at radius 2 is 2.00 bits per heavy atom. The predicted octanol–water partition coefficient (Wildman–Crippen LogP) is 2.82. The Hall–Kier alpha value is -1.77. The fourth-order valence-electron chi connectivity index (χ4n) is 2.72. The molecule has 0 aromatic carbocycles. The summed E-state index contributed by atoms with van der Waals surface area (Å²) in [5, 5.41) is 0. The maximum Gasteiger partial charge on any atom is 0.251 e. The number of H-pyrrole nitrogens is 1. The number of aromatic amines is 1. The first-order valence-electron chi connectivity index (χ1n) is 6.06. The van der Waals surface area contributed by atoms with Gasteiger partial charge in [0.1, 0.15) is 5.76 Å². The van der Waals surface area contributed by atoms with E-state index < -0.39 is 0 Å². The van der Waals surface area contributed by atoms with E-state index in [-0.39, 0.29) is 5.56 Å². The molecule has 1 aliphatic carbocycles. The highest BCUT2D eigenvalue weighted by Crippen LogP contribution is 2.31. The zero-order chi connectivity index (χ0) is 11.8. The van der Waals surface area contributed by atoms with Gasteiger partial charge < -0.3 is 9.40 Å². The van der Waals surface area contributed by atoms with Gasteiger partial charge in [0.15, 0.2) is 0 Å². The van der Waals surface area contributed by atoms with Crippen LogP contribution in [0.5, 0.6) is 0 Å². The van der Waals surface area contributed by atoms with Gasteiger partial charge in [-0.3, -0.25) is 4.79 Å². The molecule has 2 aromatic heterocycles. The van der Waals surface area contributed by atoms with Crippen molar-refractivity contribution in [3.8, 4) is 11.3 Å². The lowest BCUT2D eigenvalue weighted by atomic mass is 9.88. The monoisotopic (exact) mass is 229 g/mol. The molecule has 3 heteroatoms. The standard InChI is InChI=1S/C14H15NO2/c1-9-13(12-7-4-8-17-12)10-5-2-3-6-11(10)14(16)15-9/h4,7-8H,2-3,5-6H2,1H3,(H,15,16). The van der Waals surface area contributed by atoms with E-state index in [1.807, 2.05) is 19.1 Å². The number of furan rings is 1. The largest absolute Gasteiger partial charge is 0.464 e. The summed E-state index contributed by atoms with van der Waals surface area (Å²) >= 11 is 0. The van der Waals surface area contributed by atoms with Crippen LogP contribution in [0.1, 0.15) is 29.7 Å². The number of rotatable bonds is 1. The summed E-state index contributed by atoms with van der Waals surface area (Å²) in [4.78, 5) is 14.9. The summed E-state index contributed by atoms with van der Waals surface area (Å²) in [6, 6.07) is 3.84. The van der Waals surface area contributed by atoms with Crippen LogP contribution < -0.4 is 5.56 Å². The molecule has 17 heavy (non-hydrogen) atoms. The summed E-state index contributed by atoms with van der Waals surface area (Å²) < 4.78 is 5.48. The molecular formula is C14H15NO2. The molecule has 0 fully saturated rings. The van der Waals surface area contributed by atoms with Crippen LogP contribution in [0.15, 0.2) is 27.6 Å². The molecule has 0 aliphatic heterocycles. The lowest BCUT2D eigenvalue weighted by Crippen LogP contribution is -2.21. The van der Waals surface area contributed by atoms with Crippen molar-refractivity contribution in [2.45, 2.75) is 32.6 Å². The molecule has 0 unspecified atom stereocenters. The van der Waals surface area contributed by atoms with Gasteiger partial charge in [0.05, 0.1) is 6.26 Å². The maximum absolute atomic E-state index is 11.9. The third kappa shape index (κ3) is 1.62. The van der Waals surface area contributed by atoms with Gasteiger partial charge >= 0.3 is 0 Å². The van der Waals surface area contributed by atoms with Crippen LogP contribution in [0.4, 0.5) is 0 Å². The minimum Gasteiger partial charge on any atom is -0.464 e. The second-order valence-electron chi connectivity index (χ2n) is 4.60. The van der Waals surface area contributed by atoms with Gasteiger partial charge in [-0.05, 0) is 50.3 Å². The number of aryl methyl sites for hydroxylation is 1. The van der Waals surface area contributed by atoms with Crippen molar-refractivity contribution in [3.05, 3.63) is 45.6 Å². The molecule has 3 rings (SSSR count). The Balaban J connectivity index is 2.31. The van der Waals surface area contributed by atoms with E-state index in [4.69, 9.17) is 4.42 Å². The SMILES string of the molecule is Cc1[nH]c(=O)c2c(c1-c1ccco1)CCCC2. The minimum atomic E-state index is 0.0764. The third-order valence-corrected chi connectivity index (χ3v) is 3.49. The first-order chi connectivity index (χ1) is 8.27. The van der Waals surface area contributed by atoms with E-state index in [1.165, 1.54) is 5.56 Å². The van der Waals surface area contributed by atoms with Crippen LogP contribution in [0.3, 0.4) is 0 Å². The zero-order valence-electron chi connectivity index (χ0n) is 9.88. The molecule has 0 atom stereocenters. The van der Waals surface area contributed by atoms with Gasteiger partial charge in [0.25, 0.3) is 5.56 Å². The Kier molecular flexibility index (Phi) is 2.39. The van der Waals surface area contributed by atoms with E-state index in [0.29, 0.717) is 0 Å². The molecule has 0 spiro atoms. The van der Waals surface area contributed by atoms with E-state index in [2.05, 4.69) is 4.98 Å². The summed E-state index contributed by atoms with van der Waals surface area (Å²) in [5.41, 5.74) is 4.21. The van der Waals surface area contributed by atoms with Crippen LogP contribution in [-0.4, -0.2) is 4.98 Å². The first kappa shape index (κ1) is 10.4. The normalized spacial score (nSPS) is 14.6. The van der Waals surface area contributed by atoms with Crippen LogP contribution >= 0.6 is 0 Å². The lowest BCUT2D eigenvalue weighted by Gasteiger charge is -2.19. The second kappa shape index (κ2) is 3.91. The topological polar surface area (TPSA) is 46.0 Å². The summed E-state index contributed by atoms with van der Waals surface area (Å²) in [7, 11) is 0. The summed E-state index contributed by atoms with van der Waals surface area (Å²) in [6.45, 7) is 1.94. The summed E-state index contributed by atoms with van der Waals surface area (Å²) in [6.07, 6.45) is 5.81. The average molecular weight is 229 g/mol. The van der Waals surface area contributed by atoms with Gasteiger partial charge in [0.2, 0.25) is 0 Å². The molecule has 88 valence electrons. The number of nitrogens with one attached hydrogen (secondary N) is 1. The number of aromatic nitrogens is 1. The van der Waals surface area contributed by atoms with Gasteiger partial charge in [-0.1, -0.05) is 0 Å². The molecule has 1 N–H and O–H groups in total. The summed E-state index contributed by atoms with van der Waals surface area (Å²) in [5.74, 6) is 0.858. The van der Waals surface area contributed by atoms with Gasteiger partial charge in [-0.2, -0.15) is 0 Å². The molecule has 1 aliphatic rings. The Labute approximate surface area is 99.5 Å². The Morgan fingerprint density at radius 3 is 2.71 bits per heavy atom. The van der Waals surface area contributed by atoms with Crippen molar-refractivity contribution in [1.82, 2.24) is 4.98 Å². The predicted molar refractivity (Wildman–Crippen MR) is 66.1 cm³/mol. The molecule has 2 heterocycles. The molecule has 0 saturated carbocycles. The molecule has 0 amide bonds. The Bertz CT molecular complexity index is 593. The van der Waals surface area contributed by atoms with Crippen molar-refractivity contribution in [3.63, 3.8) is 0 Å². The quantitative estimate of drug-likeness (QED) is 0.817. The zero-order valence-corrected chi connectivity index (χ0v) is 9.88. The van der Waals surface area contributed by atoms with E-state index in [9.17, 15) is 4.79 Å². The first-order valence-corrected chi connectivity index (χ1v) is 6.06. The highest BCUT2D eigenvalue weighted by Gasteiger charge is 2.20. The number of pyridine rings is 1. The number of hydrogen-bond donors (Lipinski definition) is 1. The molecule has 0 radical (unpaired) electrons. The van der Waals surface area contributed by atoms with E-state index in [0.717, 1.165) is 48.3 Å². The second-order valence-corrected chi connectivity index (χ2v) is 4.60. The van der Waals surface area contributed by atoms with Gasteiger partial charge in [0, 0.05) is 16.8 Å². The maximum atomic E-state index is 11.9. The minimum absolute atomic E-state index is 0.0764. The number of hydrogen-bond acceptors (Lipinski definition) is 2. The number of fused-ring (bicyclic) bond motifs is 1.